The summed E-state index contributed by atoms with van der Waals surface area (Å²) >= 11 is 0. The Hall–Kier alpha value is -2.56. The van der Waals surface area contributed by atoms with Crippen molar-refractivity contribution in [2.24, 2.45) is 5.92 Å². The van der Waals surface area contributed by atoms with E-state index >= 15 is 0 Å². The number of aromatic nitrogens is 1. The van der Waals surface area contributed by atoms with E-state index in [1.165, 1.54) is 11.1 Å². The van der Waals surface area contributed by atoms with E-state index in [1.807, 2.05) is 22.9 Å². The van der Waals surface area contributed by atoms with Crippen LogP contribution in [0.2, 0.25) is 0 Å². The maximum Gasteiger partial charge on any atom is 0.249 e. The molecule has 5 nitrogen and oxygen atoms in total. The quantitative estimate of drug-likeness (QED) is 0.844. The maximum atomic E-state index is 13.3. The van der Waals surface area contributed by atoms with Gasteiger partial charge in [0.25, 0.3) is 0 Å². The number of hydrogen-bond donors (Lipinski definition) is 1. The summed E-state index contributed by atoms with van der Waals surface area (Å²) < 4.78 is 1.91. The number of carbonyl (C=O) groups excluding carboxylic acids is 2. The number of aryl methyl sites for hydroxylation is 1. The van der Waals surface area contributed by atoms with E-state index in [2.05, 4.69) is 43.4 Å². The molecule has 1 saturated carbocycles. The SMILES string of the molecule is Cc1ccc(CCN2C(=O)Cn3cccc3C2C(=O)NC2CCC(C)CC2)cc1. The monoisotopic (exact) mass is 393 g/mol. The van der Waals surface area contributed by atoms with Crippen molar-refractivity contribution in [2.75, 3.05) is 6.54 Å². The number of rotatable bonds is 5. The Morgan fingerprint density at radius 3 is 2.55 bits per heavy atom. The van der Waals surface area contributed by atoms with Crippen molar-refractivity contribution >= 4 is 11.8 Å². The highest BCUT2D eigenvalue weighted by Gasteiger charge is 2.38. The average Bonchev–Trinajstić information content (AvgIpc) is 3.16. The molecule has 1 aliphatic carbocycles. The largest absolute Gasteiger partial charge is 0.351 e. The maximum absolute atomic E-state index is 13.3. The fraction of sp³-hybridized carbons (Fsp3) is 0.500. The van der Waals surface area contributed by atoms with Crippen molar-refractivity contribution in [3.8, 4) is 0 Å². The molecule has 2 amide bonds. The molecule has 154 valence electrons. The van der Waals surface area contributed by atoms with E-state index in [9.17, 15) is 9.59 Å². The zero-order chi connectivity index (χ0) is 20.4. The number of carbonyl (C=O) groups is 2. The molecule has 29 heavy (non-hydrogen) atoms. The second kappa shape index (κ2) is 8.44. The average molecular weight is 394 g/mol. The summed E-state index contributed by atoms with van der Waals surface area (Å²) in [5.74, 6) is 0.710. The smallest absolute Gasteiger partial charge is 0.249 e. The van der Waals surface area contributed by atoms with Crippen molar-refractivity contribution in [1.29, 1.82) is 0 Å². The summed E-state index contributed by atoms with van der Waals surface area (Å²) in [4.78, 5) is 28.0. The van der Waals surface area contributed by atoms with Gasteiger partial charge in [0.1, 0.15) is 6.54 Å². The lowest BCUT2D eigenvalue weighted by atomic mass is 9.87. The van der Waals surface area contributed by atoms with Crippen molar-refractivity contribution < 1.29 is 9.59 Å². The topological polar surface area (TPSA) is 54.3 Å². The Morgan fingerprint density at radius 1 is 1.10 bits per heavy atom. The van der Waals surface area contributed by atoms with Gasteiger partial charge in [-0.3, -0.25) is 9.59 Å². The molecule has 0 bridgehead atoms. The molecule has 1 atom stereocenters. The van der Waals surface area contributed by atoms with Crippen molar-refractivity contribution in [2.45, 2.75) is 64.6 Å². The highest BCUT2D eigenvalue weighted by atomic mass is 16.2. The molecule has 0 saturated heterocycles. The Morgan fingerprint density at radius 2 is 1.83 bits per heavy atom. The number of fused-ring (bicyclic) bond motifs is 1. The predicted octanol–water partition coefficient (Wildman–Crippen LogP) is 3.62. The first-order valence-electron chi connectivity index (χ1n) is 10.8. The van der Waals surface area contributed by atoms with Crippen LogP contribution in [0.5, 0.6) is 0 Å². The summed E-state index contributed by atoms with van der Waals surface area (Å²) in [6.45, 7) is 5.20. The van der Waals surface area contributed by atoms with E-state index in [0.29, 0.717) is 13.1 Å². The first-order chi connectivity index (χ1) is 14.0. The Kier molecular flexibility index (Phi) is 5.74. The lowest BCUT2D eigenvalue weighted by Gasteiger charge is -2.37. The molecule has 1 aromatic carbocycles. The molecule has 1 unspecified atom stereocenters. The van der Waals surface area contributed by atoms with Gasteiger partial charge in [0.05, 0.1) is 5.69 Å². The normalized spacial score (nSPS) is 24.3. The van der Waals surface area contributed by atoms with E-state index in [-0.39, 0.29) is 17.9 Å². The summed E-state index contributed by atoms with van der Waals surface area (Å²) in [7, 11) is 0. The van der Waals surface area contributed by atoms with Gasteiger partial charge in [-0.05, 0) is 62.6 Å². The molecule has 2 aromatic rings. The van der Waals surface area contributed by atoms with Crippen LogP contribution in [0, 0.1) is 12.8 Å². The number of nitrogens with zero attached hydrogens (tertiary/aromatic N) is 2. The summed E-state index contributed by atoms with van der Waals surface area (Å²) in [5, 5.41) is 3.25. The molecule has 4 rings (SSSR count). The van der Waals surface area contributed by atoms with Gasteiger partial charge in [-0.25, -0.2) is 0 Å². The first-order valence-corrected chi connectivity index (χ1v) is 10.8. The number of benzene rings is 1. The van der Waals surface area contributed by atoms with Crippen LogP contribution in [0.4, 0.5) is 0 Å². The van der Waals surface area contributed by atoms with Crippen LogP contribution >= 0.6 is 0 Å². The molecular formula is C24H31N3O2. The Bertz CT molecular complexity index is 863. The zero-order valence-corrected chi connectivity index (χ0v) is 17.4. The summed E-state index contributed by atoms with van der Waals surface area (Å²) in [5.41, 5.74) is 3.32. The van der Waals surface area contributed by atoms with Crippen molar-refractivity contribution in [1.82, 2.24) is 14.8 Å². The van der Waals surface area contributed by atoms with Crippen LogP contribution in [0.25, 0.3) is 0 Å². The first kappa shape index (κ1) is 19.7. The molecule has 1 aliphatic heterocycles. The van der Waals surface area contributed by atoms with Crippen molar-refractivity contribution in [3.05, 3.63) is 59.4 Å². The second-order valence-electron chi connectivity index (χ2n) is 8.75. The van der Waals surface area contributed by atoms with Crippen LogP contribution in [-0.2, 0) is 22.6 Å². The Labute approximate surface area is 173 Å². The molecular weight excluding hydrogens is 362 g/mol. The molecule has 1 aromatic heterocycles. The number of amides is 2. The van der Waals surface area contributed by atoms with E-state index in [4.69, 9.17) is 0 Å². The second-order valence-corrected chi connectivity index (χ2v) is 8.75. The fourth-order valence-electron chi connectivity index (χ4n) is 4.58. The minimum atomic E-state index is -0.545. The summed E-state index contributed by atoms with van der Waals surface area (Å²) in [6.07, 6.45) is 7.00. The summed E-state index contributed by atoms with van der Waals surface area (Å²) in [6, 6.07) is 12.0. The van der Waals surface area contributed by atoms with E-state index in [0.717, 1.165) is 43.7 Å². The van der Waals surface area contributed by atoms with Gasteiger partial charge in [-0.15, -0.1) is 0 Å². The number of hydrogen-bond acceptors (Lipinski definition) is 2. The molecule has 2 aliphatic rings. The number of nitrogens with one attached hydrogen (secondary N) is 1. The third kappa shape index (κ3) is 4.39. The minimum absolute atomic E-state index is 0.0122. The zero-order valence-electron chi connectivity index (χ0n) is 17.4. The molecule has 0 spiro atoms. The van der Waals surface area contributed by atoms with Crippen LogP contribution in [0.1, 0.15) is 55.5 Å². The standard InChI is InChI=1S/C24H31N3O2/c1-17-5-9-19(10-6-17)13-15-27-22(28)16-26-14-3-4-21(26)23(27)24(29)25-20-11-7-18(2)8-12-20/h3-6,9-10,14,18,20,23H,7-8,11-13,15-16H2,1-2H3,(H,25,29). The van der Waals surface area contributed by atoms with Gasteiger partial charge in [0.15, 0.2) is 6.04 Å². The Balaban J connectivity index is 1.51. The van der Waals surface area contributed by atoms with Gasteiger partial charge in [0, 0.05) is 18.8 Å². The van der Waals surface area contributed by atoms with E-state index < -0.39 is 6.04 Å². The van der Waals surface area contributed by atoms with Crippen LogP contribution in [-0.4, -0.2) is 33.9 Å². The van der Waals surface area contributed by atoms with Gasteiger partial charge in [-0.2, -0.15) is 0 Å². The third-order valence-corrected chi connectivity index (χ3v) is 6.45. The third-order valence-electron chi connectivity index (χ3n) is 6.45. The predicted molar refractivity (Wildman–Crippen MR) is 113 cm³/mol. The molecule has 5 heteroatoms. The molecule has 1 N–H and O–H groups in total. The van der Waals surface area contributed by atoms with Crippen molar-refractivity contribution in [3.63, 3.8) is 0 Å². The van der Waals surface area contributed by atoms with Gasteiger partial charge in [0.2, 0.25) is 11.8 Å². The van der Waals surface area contributed by atoms with Crippen LogP contribution < -0.4 is 5.32 Å². The van der Waals surface area contributed by atoms with Gasteiger partial charge in [-0.1, -0.05) is 36.8 Å². The highest BCUT2D eigenvalue weighted by molar-refractivity contribution is 5.90. The minimum Gasteiger partial charge on any atom is -0.351 e. The molecule has 2 heterocycles. The lowest BCUT2D eigenvalue weighted by Crippen LogP contribution is -2.51. The van der Waals surface area contributed by atoms with E-state index in [1.54, 1.807) is 4.90 Å². The van der Waals surface area contributed by atoms with Gasteiger partial charge < -0.3 is 14.8 Å². The highest BCUT2D eigenvalue weighted by Crippen LogP contribution is 2.29. The molecule has 0 radical (unpaired) electrons. The fourth-order valence-corrected chi connectivity index (χ4v) is 4.58. The molecule has 1 fully saturated rings. The lowest BCUT2D eigenvalue weighted by molar-refractivity contribution is -0.144. The van der Waals surface area contributed by atoms with Crippen LogP contribution in [0.15, 0.2) is 42.6 Å². The van der Waals surface area contributed by atoms with Crippen LogP contribution in [0.3, 0.4) is 0 Å². The van der Waals surface area contributed by atoms with Gasteiger partial charge >= 0.3 is 0 Å².